The molecule has 2 heterocycles. The molecule has 0 unspecified atom stereocenters. The van der Waals surface area contributed by atoms with Crippen LogP contribution in [-0.4, -0.2) is 50.7 Å². The van der Waals surface area contributed by atoms with Crippen molar-refractivity contribution >= 4 is 35.2 Å². The van der Waals surface area contributed by atoms with E-state index in [1.807, 2.05) is 0 Å². The summed E-state index contributed by atoms with van der Waals surface area (Å²) in [5, 5.41) is 24.5. The summed E-state index contributed by atoms with van der Waals surface area (Å²) < 4.78 is 30.0. The Balaban J connectivity index is 1.85. The first-order valence-electron chi connectivity index (χ1n) is 8.59. The van der Waals surface area contributed by atoms with Gasteiger partial charge in [-0.2, -0.15) is 13.9 Å². The minimum atomic E-state index is -3.29. The second-order valence-electron chi connectivity index (χ2n) is 6.44. The predicted molar refractivity (Wildman–Crippen MR) is 99.5 cm³/mol. The highest BCUT2D eigenvalue weighted by atomic mass is 19.3. The highest BCUT2D eigenvalue weighted by Crippen LogP contribution is 2.28. The Morgan fingerprint density at radius 1 is 1.10 bits per heavy atom. The Hall–Kier alpha value is -3.64. The molecule has 2 amide bonds. The molecule has 3 aromatic rings. The summed E-state index contributed by atoms with van der Waals surface area (Å²) in [7, 11) is -2.05. The Kier molecular flexibility index (Phi) is 4.80. The zero-order chi connectivity index (χ0) is 21.6. The molecule has 0 saturated carbocycles. The molecule has 0 bridgehead atoms. The van der Waals surface area contributed by atoms with E-state index in [0.717, 1.165) is 17.0 Å². The van der Waals surface area contributed by atoms with Crippen molar-refractivity contribution in [2.75, 3.05) is 0 Å². The zero-order valence-electron chi connectivity index (χ0n) is 15.0. The molecule has 1 aliphatic rings. The fourth-order valence-corrected chi connectivity index (χ4v) is 3.32. The molecule has 1 aromatic heterocycles. The third-order valence-corrected chi connectivity index (χ3v) is 4.66. The van der Waals surface area contributed by atoms with Crippen LogP contribution < -0.4 is 15.8 Å². The minimum absolute atomic E-state index is 0.0271. The van der Waals surface area contributed by atoms with Crippen molar-refractivity contribution < 1.29 is 33.2 Å². The normalized spacial score (nSPS) is 13.3. The number of fused-ring (bicyclic) bond motifs is 2. The van der Waals surface area contributed by atoms with E-state index in [9.17, 15) is 33.2 Å². The molecule has 0 radical (unpaired) electrons. The summed E-state index contributed by atoms with van der Waals surface area (Å²) in [6.07, 6.45) is 0. The Bertz CT molecular complexity index is 1210. The molecule has 30 heavy (non-hydrogen) atoms. The molecule has 0 spiro atoms. The molecule has 2 aromatic carbocycles. The number of hydrogen-bond donors (Lipinski definition) is 3. The lowest BCUT2D eigenvalue weighted by Crippen LogP contribution is -2.32. The fourth-order valence-electron chi connectivity index (χ4n) is 3.32. The number of nitrogens with one attached hydrogen (secondary N) is 1. The molecule has 3 N–H and O–H groups in total. The van der Waals surface area contributed by atoms with Gasteiger partial charge in [0.05, 0.1) is 28.8 Å². The van der Waals surface area contributed by atoms with Gasteiger partial charge in [0, 0.05) is 5.39 Å². The van der Waals surface area contributed by atoms with Gasteiger partial charge in [-0.15, -0.1) is 0 Å². The van der Waals surface area contributed by atoms with Gasteiger partial charge >= 0.3 is 13.7 Å². The maximum Gasteiger partial charge on any atom is 0.488 e. The summed E-state index contributed by atoms with van der Waals surface area (Å²) in [5.41, 5.74) is -0.741. The van der Waals surface area contributed by atoms with Gasteiger partial charge < -0.3 is 14.8 Å². The minimum Gasteiger partial charge on any atom is -0.434 e. The number of rotatable bonds is 5. The quantitative estimate of drug-likeness (QED) is 0.395. The van der Waals surface area contributed by atoms with Crippen molar-refractivity contribution in [3.8, 4) is 5.75 Å². The summed E-state index contributed by atoms with van der Waals surface area (Å²) in [6, 6.07) is 8.22. The number of hydrogen-bond acceptors (Lipinski definition) is 7. The number of aromatic amines is 1. The van der Waals surface area contributed by atoms with Crippen molar-refractivity contribution in [2.24, 2.45) is 0 Å². The van der Waals surface area contributed by atoms with Crippen LogP contribution in [0.1, 0.15) is 26.4 Å². The van der Waals surface area contributed by atoms with Crippen molar-refractivity contribution in [3.63, 3.8) is 0 Å². The number of carbonyl (C=O) groups excluding carboxylic acids is 2. The molecule has 9 nitrogen and oxygen atoms in total. The fraction of sp³-hybridized carbons (Fsp3) is 0.111. The van der Waals surface area contributed by atoms with Crippen LogP contribution in [0.15, 0.2) is 41.2 Å². The van der Waals surface area contributed by atoms with Gasteiger partial charge in [-0.1, -0.05) is 18.2 Å². The van der Waals surface area contributed by atoms with Gasteiger partial charge in [0.25, 0.3) is 17.4 Å². The number of alkyl halides is 2. The third-order valence-electron chi connectivity index (χ3n) is 4.66. The smallest absolute Gasteiger partial charge is 0.434 e. The lowest BCUT2D eigenvalue weighted by molar-refractivity contribution is -0.0488. The van der Waals surface area contributed by atoms with E-state index in [1.54, 1.807) is 12.1 Å². The van der Waals surface area contributed by atoms with Gasteiger partial charge in [0.2, 0.25) is 0 Å². The van der Waals surface area contributed by atoms with Crippen molar-refractivity contribution in [2.45, 2.75) is 13.2 Å². The van der Waals surface area contributed by atoms with Gasteiger partial charge in [0.1, 0.15) is 5.75 Å². The van der Waals surface area contributed by atoms with E-state index in [4.69, 9.17) is 0 Å². The highest BCUT2D eigenvalue weighted by Gasteiger charge is 2.36. The average molecular weight is 415 g/mol. The first-order chi connectivity index (χ1) is 14.3. The maximum atomic E-state index is 12.8. The van der Waals surface area contributed by atoms with E-state index in [2.05, 4.69) is 14.9 Å². The molecule has 1 aliphatic heterocycles. The number of imide groups is 1. The van der Waals surface area contributed by atoms with Crippen LogP contribution >= 0.6 is 0 Å². The van der Waals surface area contributed by atoms with E-state index < -0.39 is 43.4 Å². The number of amides is 2. The molecule has 0 atom stereocenters. The highest BCUT2D eigenvalue weighted by molar-refractivity contribution is 6.59. The second-order valence-corrected chi connectivity index (χ2v) is 6.44. The topological polar surface area (TPSA) is 133 Å². The number of H-pyrrole nitrogens is 1. The SMILES string of the molecule is O=C1c2ccccc2C(=O)N1Cc1n[nH]c(=O)c2c(OC(F)F)cc(B(O)O)cc12. The molecule has 152 valence electrons. The molecular weight excluding hydrogens is 403 g/mol. The largest absolute Gasteiger partial charge is 0.488 e. The van der Waals surface area contributed by atoms with E-state index in [-0.39, 0.29) is 33.1 Å². The van der Waals surface area contributed by atoms with Gasteiger partial charge in [-0.3, -0.25) is 19.3 Å². The van der Waals surface area contributed by atoms with Crippen LogP contribution in [0.2, 0.25) is 0 Å². The lowest BCUT2D eigenvalue weighted by Gasteiger charge is -2.16. The number of halogens is 2. The Labute approximate surface area is 166 Å². The first-order valence-corrected chi connectivity index (χ1v) is 8.59. The monoisotopic (exact) mass is 415 g/mol. The van der Waals surface area contributed by atoms with Crippen LogP contribution in [0.3, 0.4) is 0 Å². The molecule has 4 rings (SSSR count). The first kappa shape index (κ1) is 19.7. The summed E-state index contributed by atoms with van der Waals surface area (Å²) in [4.78, 5) is 38.3. The summed E-state index contributed by atoms with van der Waals surface area (Å²) in [5.74, 6) is -1.77. The number of aromatic nitrogens is 2. The van der Waals surface area contributed by atoms with Crippen molar-refractivity contribution in [3.05, 3.63) is 63.6 Å². The van der Waals surface area contributed by atoms with Crippen LogP contribution in [0.25, 0.3) is 10.8 Å². The van der Waals surface area contributed by atoms with E-state index >= 15 is 0 Å². The van der Waals surface area contributed by atoms with Crippen LogP contribution in [0.5, 0.6) is 5.75 Å². The zero-order valence-corrected chi connectivity index (χ0v) is 15.0. The molecule has 12 heteroatoms. The number of nitrogens with zero attached hydrogens (tertiary/aromatic N) is 2. The maximum absolute atomic E-state index is 12.8. The van der Waals surface area contributed by atoms with Gasteiger partial charge in [-0.05, 0) is 23.7 Å². The summed E-state index contributed by atoms with van der Waals surface area (Å²) in [6.45, 7) is -3.68. The molecular formula is C18H12BF2N3O6. The number of ether oxygens (including phenoxy) is 1. The predicted octanol–water partition coefficient (Wildman–Crippen LogP) is 0.000500. The van der Waals surface area contributed by atoms with Crippen LogP contribution in [0, 0.1) is 0 Å². The second kappa shape index (κ2) is 7.32. The number of benzene rings is 2. The summed E-state index contributed by atoms with van der Waals surface area (Å²) >= 11 is 0. The van der Waals surface area contributed by atoms with Gasteiger partial charge in [0.15, 0.2) is 0 Å². The van der Waals surface area contributed by atoms with Crippen LogP contribution in [0.4, 0.5) is 8.78 Å². The van der Waals surface area contributed by atoms with E-state index in [0.29, 0.717) is 0 Å². The Morgan fingerprint density at radius 2 is 1.73 bits per heavy atom. The molecule has 0 aliphatic carbocycles. The van der Waals surface area contributed by atoms with Crippen molar-refractivity contribution in [1.82, 2.24) is 15.1 Å². The van der Waals surface area contributed by atoms with Crippen LogP contribution in [-0.2, 0) is 6.54 Å². The van der Waals surface area contributed by atoms with Crippen molar-refractivity contribution in [1.29, 1.82) is 0 Å². The lowest BCUT2D eigenvalue weighted by atomic mass is 9.79. The molecule has 0 saturated heterocycles. The standard InChI is InChI=1S/C18H12BF2N3O6/c20-18(21)30-13-6-8(19(28)29)5-11-12(22-23-15(25)14(11)13)7-24-16(26)9-3-1-2-4-10(9)17(24)27/h1-6,18,28-29H,7H2,(H,23,25). The average Bonchev–Trinajstić information content (AvgIpc) is 2.94. The molecule has 0 fully saturated rings. The van der Waals surface area contributed by atoms with E-state index in [1.165, 1.54) is 12.1 Å². The Morgan fingerprint density at radius 3 is 2.30 bits per heavy atom. The number of carbonyl (C=O) groups is 2. The van der Waals surface area contributed by atoms with Gasteiger partial charge in [-0.25, -0.2) is 5.10 Å². The third kappa shape index (κ3) is 3.21.